The Morgan fingerprint density at radius 1 is 0.952 bits per heavy atom. The topological polar surface area (TPSA) is 162 Å². The molecule has 3 aromatic rings. The number of carbonyl (C=O) groups is 4. The Morgan fingerprint density at radius 3 is 2.33 bits per heavy atom. The highest BCUT2D eigenvalue weighted by Gasteiger charge is 2.44. The van der Waals surface area contributed by atoms with E-state index in [4.69, 9.17) is 0 Å². The monoisotopic (exact) mass is 585 g/mol. The summed E-state index contributed by atoms with van der Waals surface area (Å²) in [4.78, 5) is 64.2. The predicted octanol–water partition coefficient (Wildman–Crippen LogP) is 3.66. The number of amides is 4. The number of urea groups is 1. The van der Waals surface area contributed by atoms with Crippen LogP contribution in [0.5, 0.6) is 0 Å². The minimum atomic E-state index is -1.73. The SMILES string of the molecule is O=C(O)CC(NC(=O)C1N(C(=O)Nc2cccc(F)c2)CCN1C(=O)c1ccc(F)c(F)c1)c1cccc([N+](=O)[O-])c1. The van der Waals surface area contributed by atoms with E-state index in [9.17, 15) is 47.6 Å². The summed E-state index contributed by atoms with van der Waals surface area (Å²) in [5.74, 6) is -6.56. The van der Waals surface area contributed by atoms with Crippen LogP contribution < -0.4 is 10.6 Å². The second-order valence-electron chi connectivity index (χ2n) is 9.15. The summed E-state index contributed by atoms with van der Waals surface area (Å²) in [5.41, 5.74) is -0.610. The number of rotatable bonds is 8. The lowest BCUT2D eigenvalue weighted by Crippen LogP contribution is -2.55. The van der Waals surface area contributed by atoms with E-state index in [0.717, 1.165) is 34.1 Å². The van der Waals surface area contributed by atoms with Gasteiger partial charge in [-0.2, -0.15) is 0 Å². The Kier molecular flexibility index (Phi) is 8.69. The van der Waals surface area contributed by atoms with Gasteiger partial charge in [-0.3, -0.25) is 29.4 Å². The minimum absolute atomic E-state index is 0.0323. The molecule has 4 rings (SSSR count). The second kappa shape index (κ2) is 12.4. The van der Waals surface area contributed by atoms with Gasteiger partial charge >= 0.3 is 12.0 Å². The third-order valence-corrected chi connectivity index (χ3v) is 6.35. The Labute approximate surface area is 235 Å². The Hall–Kier alpha value is -5.47. The molecular weight excluding hydrogens is 563 g/mol. The first-order valence-electron chi connectivity index (χ1n) is 12.3. The van der Waals surface area contributed by atoms with Crippen LogP contribution in [0, 0.1) is 27.6 Å². The molecule has 3 N–H and O–H groups in total. The Bertz CT molecular complexity index is 1570. The number of carbonyl (C=O) groups excluding carboxylic acids is 3. The molecule has 4 amide bonds. The van der Waals surface area contributed by atoms with Crippen LogP contribution >= 0.6 is 0 Å². The van der Waals surface area contributed by atoms with Crippen molar-refractivity contribution in [3.05, 3.63) is 105 Å². The highest BCUT2D eigenvalue weighted by Crippen LogP contribution is 2.25. The van der Waals surface area contributed by atoms with Gasteiger partial charge in [-0.05, 0) is 42.0 Å². The standard InChI is InChI=1S/C27H22F3N5O7/c28-17-4-2-5-18(13-17)31-27(40)34-10-9-33(26(39)16-7-8-20(29)21(30)12-16)25(34)24(38)32-22(14-23(36)37)15-3-1-6-19(11-15)35(41)42/h1-8,11-13,22,25H,9-10,14H2,(H,31,40)(H,32,38)(H,36,37). The number of nitrogens with one attached hydrogen (secondary N) is 2. The molecule has 0 bridgehead atoms. The van der Waals surface area contributed by atoms with Crippen LogP contribution in [-0.4, -0.2) is 62.9 Å². The zero-order valence-corrected chi connectivity index (χ0v) is 21.5. The van der Waals surface area contributed by atoms with Crippen molar-refractivity contribution in [1.82, 2.24) is 15.1 Å². The Morgan fingerprint density at radius 2 is 1.67 bits per heavy atom. The third-order valence-electron chi connectivity index (χ3n) is 6.35. The molecule has 1 aliphatic rings. The van der Waals surface area contributed by atoms with Crippen LogP contribution in [-0.2, 0) is 9.59 Å². The lowest BCUT2D eigenvalue weighted by molar-refractivity contribution is -0.384. The normalized spacial score (nSPS) is 15.2. The van der Waals surface area contributed by atoms with Gasteiger partial charge in [-0.15, -0.1) is 0 Å². The van der Waals surface area contributed by atoms with Crippen LogP contribution in [0.25, 0.3) is 0 Å². The van der Waals surface area contributed by atoms with Crippen molar-refractivity contribution in [2.24, 2.45) is 0 Å². The van der Waals surface area contributed by atoms with Crippen molar-refractivity contribution in [3.8, 4) is 0 Å². The highest BCUT2D eigenvalue weighted by molar-refractivity contribution is 6.00. The first kappa shape index (κ1) is 29.5. The molecule has 1 fully saturated rings. The summed E-state index contributed by atoms with van der Waals surface area (Å²) in [6.07, 6.45) is -2.44. The fourth-order valence-corrected chi connectivity index (χ4v) is 4.42. The number of anilines is 1. The molecule has 0 saturated carbocycles. The van der Waals surface area contributed by atoms with Gasteiger partial charge in [0.05, 0.1) is 17.4 Å². The fraction of sp³-hybridized carbons (Fsp3) is 0.185. The van der Waals surface area contributed by atoms with Crippen LogP contribution in [0.3, 0.4) is 0 Å². The summed E-state index contributed by atoms with van der Waals surface area (Å²) in [7, 11) is 0. The van der Waals surface area contributed by atoms with Gasteiger partial charge in [0.25, 0.3) is 17.5 Å². The lowest BCUT2D eigenvalue weighted by Gasteiger charge is -2.31. The number of non-ortho nitro benzene ring substituents is 1. The van der Waals surface area contributed by atoms with E-state index in [-0.39, 0.29) is 35.6 Å². The number of nitro groups is 1. The lowest BCUT2D eigenvalue weighted by atomic mass is 10.0. The van der Waals surface area contributed by atoms with Gasteiger partial charge < -0.3 is 20.6 Å². The van der Waals surface area contributed by atoms with Crippen LogP contribution in [0.1, 0.15) is 28.4 Å². The first-order valence-corrected chi connectivity index (χ1v) is 12.3. The van der Waals surface area contributed by atoms with E-state index in [0.29, 0.717) is 12.1 Å². The van der Waals surface area contributed by atoms with Crippen LogP contribution in [0.15, 0.2) is 66.7 Å². The highest BCUT2D eigenvalue weighted by atomic mass is 19.2. The fourth-order valence-electron chi connectivity index (χ4n) is 4.42. The van der Waals surface area contributed by atoms with E-state index in [1.54, 1.807) is 0 Å². The third kappa shape index (κ3) is 6.63. The number of nitrogens with zero attached hydrogens (tertiary/aromatic N) is 3. The molecule has 15 heteroatoms. The number of nitro benzene ring substituents is 1. The van der Waals surface area contributed by atoms with Crippen molar-refractivity contribution in [1.29, 1.82) is 0 Å². The van der Waals surface area contributed by atoms with Gasteiger partial charge in [0.2, 0.25) is 0 Å². The maximum absolute atomic E-state index is 13.9. The molecule has 42 heavy (non-hydrogen) atoms. The van der Waals surface area contributed by atoms with Crippen molar-refractivity contribution in [3.63, 3.8) is 0 Å². The molecule has 1 saturated heterocycles. The zero-order chi connectivity index (χ0) is 30.6. The van der Waals surface area contributed by atoms with Crippen molar-refractivity contribution >= 4 is 35.2 Å². The molecule has 0 radical (unpaired) electrons. The maximum Gasteiger partial charge on any atom is 0.323 e. The summed E-state index contributed by atoms with van der Waals surface area (Å²) >= 11 is 0. The first-order chi connectivity index (χ1) is 19.9. The number of benzene rings is 3. The van der Waals surface area contributed by atoms with E-state index in [2.05, 4.69) is 10.6 Å². The van der Waals surface area contributed by atoms with Crippen molar-refractivity contribution in [2.45, 2.75) is 18.6 Å². The maximum atomic E-state index is 13.9. The summed E-state index contributed by atoms with van der Waals surface area (Å²) in [6.45, 7) is -0.470. The number of carboxylic acid groups (broad SMARTS) is 1. The van der Waals surface area contributed by atoms with Gasteiger partial charge in [0.15, 0.2) is 17.8 Å². The molecular formula is C27H22F3N5O7. The number of carboxylic acids is 1. The number of hydrogen-bond donors (Lipinski definition) is 3. The summed E-state index contributed by atoms with van der Waals surface area (Å²) in [6, 6.07) is 9.81. The molecule has 0 aliphatic carbocycles. The van der Waals surface area contributed by atoms with E-state index < -0.39 is 64.8 Å². The predicted molar refractivity (Wildman–Crippen MR) is 140 cm³/mol. The van der Waals surface area contributed by atoms with Gasteiger partial charge in [-0.1, -0.05) is 18.2 Å². The molecule has 2 unspecified atom stereocenters. The minimum Gasteiger partial charge on any atom is -0.481 e. The average Bonchev–Trinajstić information content (AvgIpc) is 3.39. The van der Waals surface area contributed by atoms with Crippen molar-refractivity contribution < 1.29 is 42.4 Å². The number of hydrogen-bond acceptors (Lipinski definition) is 6. The quantitative estimate of drug-likeness (QED) is 0.268. The Balaban J connectivity index is 1.68. The molecule has 1 heterocycles. The molecule has 12 nitrogen and oxygen atoms in total. The summed E-state index contributed by atoms with van der Waals surface area (Å²) in [5, 5.41) is 25.5. The van der Waals surface area contributed by atoms with Gasteiger partial charge in [0, 0.05) is 36.5 Å². The molecule has 1 aliphatic heterocycles. The van der Waals surface area contributed by atoms with E-state index >= 15 is 0 Å². The van der Waals surface area contributed by atoms with Gasteiger partial charge in [0.1, 0.15) is 5.82 Å². The van der Waals surface area contributed by atoms with Crippen molar-refractivity contribution in [2.75, 3.05) is 18.4 Å². The molecule has 3 aromatic carbocycles. The van der Waals surface area contributed by atoms with E-state index in [1.165, 1.54) is 30.3 Å². The zero-order valence-electron chi connectivity index (χ0n) is 21.5. The molecule has 218 valence electrons. The largest absolute Gasteiger partial charge is 0.481 e. The van der Waals surface area contributed by atoms with Gasteiger partial charge in [-0.25, -0.2) is 18.0 Å². The molecule has 0 aromatic heterocycles. The number of halogens is 3. The number of aliphatic carboxylic acids is 1. The smallest absolute Gasteiger partial charge is 0.323 e. The average molecular weight is 585 g/mol. The molecule has 0 spiro atoms. The molecule has 2 atom stereocenters. The second-order valence-corrected chi connectivity index (χ2v) is 9.15. The summed E-state index contributed by atoms with van der Waals surface area (Å²) < 4.78 is 41.1. The van der Waals surface area contributed by atoms with E-state index in [1.807, 2.05) is 0 Å². The van der Waals surface area contributed by atoms with Crippen LogP contribution in [0.4, 0.5) is 29.3 Å². The van der Waals surface area contributed by atoms with Crippen LogP contribution in [0.2, 0.25) is 0 Å².